The zero-order chi connectivity index (χ0) is 17.1. The van der Waals surface area contributed by atoms with Crippen LogP contribution in [0.15, 0.2) is 24.3 Å². The second kappa shape index (κ2) is 5.00. The number of fused-ring (bicyclic) bond motifs is 3. The first-order valence-corrected chi connectivity index (χ1v) is 8.07. The first kappa shape index (κ1) is 15.1. The maximum atomic E-state index is 12.3. The predicted molar refractivity (Wildman–Crippen MR) is 79.6 cm³/mol. The van der Waals surface area contributed by atoms with Crippen molar-refractivity contribution in [3.63, 3.8) is 0 Å². The molecule has 0 spiro atoms. The van der Waals surface area contributed by atoms with Gasteiger partial charge in [0.1, 0.15) is 0 Å². The number of benzene rings is 1. The third-order valence-corrected chi connectivity index (χ3v) is 5.74. The largest absolute Gasteiger partial charge is 0.393 e. The summed E-state index contributed by atoms with van der Waals surface area (Å²) in [6.45, 7) is 1.93. The Balaban J connectivity index is 1.92. The molecule has 124 valence electrons. The summed E-state index contributed by atoms with van der Waals surface area (Å²) in [5.41, 5.74) is 0.862. The fourth-order valence-corrected chi connectivity index (χ4v) is 4.61. The van der Waals surface area contributed by atoms with Gasteiger partial charge >= 0.3 is 23.9 Å². The lowest BCUT2D eigenvalue weighted by Gasteiger charge is -2.44. The van der Waals surface area contributed by atoms with E-state index in [2.05, 4.69) is 0 Å². The molecular weight excluding hydrogens is 312 g/mol. The van der Waals surface area contributed by atoms with E-state index in [1.165, 1.54) is 0 Å². The van der Waals surface area contributed by atoms with E-state index >= 15 is 0 Å². The highest BCUT2D eigenvalue weighted by atomic mass is 16.6. The van der Waals surface area contributed by atoms with Gasteiger partial charge in [-0.1, -0.05) is 31.2 Å². The van der Waals surface area contributed by atoms with Gasteiger partial charge in [-0.2, -0.15) is 0 Å². The van der Waals surface area contributed by atoms with Gasteiger partial charge < -0.3 is 9.47 Å². The molecule has 0 aromatic heterocycles. The standard InChI is InChI=1S/C18H16O6/c1-2-18(12-7-13(19)23-16(12)21)8-10-14(17(22)24-15(10)20)9-5-3-4-6-11(9)18/h3-6,10,12,14H,2,7-8H2,1H3/t10?,12?,14?,18-/m0/s1. The molecule has 0 saturated carbocycles. The fourth-order valence-electron chi connectivity index (χ4n) is 4.61. The first-order chi connectivity index (χ1) is 11.5. The summed E-state index contributed by atoms with van der Waals surface area (Å²) >= 11 is 0. The van der Waals surface area contributed by atoms with Crippen LogP contribution in [0.1, 0.15) is 43.2 Å². The van der Waals surface area contributed by atoms with Crippen LogP contribution in [0.25, 0.3) is 0 Å². The number of ether oxygens (including phenoxy) is 2. The van der Waals surface area contributed by atoms with E-state index in [4.69, 9.17) is 9.47 Å². The van der Waals surface area contributed by atoms with Crippen molar-refractivity contribution in [2.24, 2.45) is 11.8 Å². The van der Waals surface area contributed by atoms with Gasteiger partial charge in [-0.15, -0.1) is 0 Å². The molecule has 3 aliphatic rings. The highest BCUT2D eigenvalue weighted by Crippen LogP contribution is 2.55. The average Bonchev–Trinajstić information content (AvgIpc) is 3.05. The van der Waals surface area contributed by atoms with Crippen LogP contribution in [0.5, 0.6) is 0 Å². The molecule has 2 heterocycles. The molecule has 0 N–H and O–H groups in total. The van der Waals surface area contributed by atoms with Crippen molar-refractivity contribution in [2.75, 3.05) is 0 Å². The Morgan fingerprint density at radius 3 is 2.46 bits per heavy atom. The smallest absolute Gasteiger partial charge is 0.321 e. The lowest BCUT2D eigenvalue weighted by atomic mass is 9.56. The molecule has 2 aliphatic heterocycles. The molecule has 0 amide bonds. The van der Waals surface area contributed by atoms with Crippen molar-refractivity contribution in [3.8, 4) is 0 Å². The molecular formula is C18H16O6. The van der Waals surface area contributed by atoms with Crippen LogP contribution < -0.4 is 0 Å². The average molecular weight is 328 g/mol. The quantitative estimate of drug-likeness (QED) is 0.605. The highest BCUT2D eigenvalue weighted by Gasteiger charge is 2.59. The van der Waals surface area contributed by atoms with Crippen LogP contribution in [0.4, 0.5) is 0 Å². The van der Waals surface area contributed by atoms with Gasteiger partial charge in [0, 0.05) is 5.41 Å². The third-order valence-electron chi connectivity index (χ3n) is 5.74. The lowest BCUT2D eigenvalue weighted by molar-refractivity contribution is -0.156. The Labute approximate surface area is 138 Å². The molecule has 6 heteroatoms. The van der Waals surface area contributed by atoms with Crippen molar-refractivity contribution < 1.29 is 28.7 Å². The van der Waals surface area contributed by atoms with Crippen molar-refractivity contribution in [2.45, 2.75) is 37.5 Å². The van der Waals surface area contributed by atoms with Gasteiger partial charge in [0.2, 0.25) is 0 Å². The van der Waals surface area contributed by atoms with Gasteiger partial charge in [-0.25, -0.2) is 0 Å². The van der Waals surface area contributed by atoms with Crippen LogP contribution >= 0.6 is 0 Å². The molecule has 4 rings (SSSR count). The summed E-state index contributed by atoms with van der Waals surface area (Å²) in [4.78, 5) is 48.2. The molecule has 1 aromatic rings. The minimum Gasteiger partial charge on any atom is -0.393 e. The first-order valence-electron chi connectivity index (χ1n) is 8.07. The molecule has 0 bridgehead atoms. The van der Waals surface area contributed by atoms with E-state index in [0.29, 0.717) is 12.8 Å². The normalized spacial score (nSPS) is 34.6. The number of carbonyl (C=O) groups is 4. The summed E-state index contributed by atoms with van der Waals surface area (Å²) in [5, 5.41) is 0. The van der Waals surface area contributed by atoms with Crippen molar-refractivity contribution >= 4 is 23.9 Å². The zero-order valence-corrected chi connectivity index (χ0v) is 13.1. The third kappa shape index (κ3) is 1.82. The highest BCUT2D eigenvalue weighted by molar-refractivity contribution is 6.01. The van der Waals surface area contributed by atoms with E-state index < -0.39 is 47.0 Å². The zero-order valence-electron chi connectivity index (χ0n) is 13.1. The number of hydrogen-bond acceptors (Lipinski definition) is 6. The SMILES string of the molecule is CC[C@]1(C2CC(=O)OC2=O)CC2C(=O)OC(=O)C2c2ccccc21. The van der Waals surface area contributed by atoms with E-state index in [9.17, 15) is 19.2 Å². The summed E-state index contributed by atoms with van der Waals surface area (Å²) in [6, 6.07) is 7.32. The molecule has 1 aromatic carbocycles. The van der Waals surface area contributed by atoms with E-state index in [-0.39, 0.29) is 6.42 Å². The Bertz CT molecular complexity index is 781. The maximum Gasteiger partial charge on any atom is 0.321 e. The summed E-state index contributed by atoms with van der Waals surface area (Å²) in [5.74, 6) is -4.05. The minimum absolute atomic E-state index is 0.00138. The van der Waals surface area contributed by atoms with E-state index in [1.54, 1.807) is 12.1 Å². The fraction of sp³-hybridized carbons (Fsp3) is 0.444. The summed E-state index contributed by atoms with van der Waals surface area (Å²) in [7, 11) is 0. The molecule has 4 atom stereocenters. The molecule has 3 unspecified atom stereocenters. The van der Waals surface area contributed by atoms with Crippen LogP contribution in [-0.4, -0.2) is 23.9 Å². The van der Waals surface area contributed by atoms with Crippen LogP contribution in [0, 0.1) is 11.8 Å². The van der Waals surface area contributed by atoms with Crippen LogP contribution in [-0.2, 0) is 34.1 Å². The Kier molecular flexibility index (Phi) is 3.13. The van der Waals surface area contributed by atoms with Gasteiger partial charge in [0.25, 0.3) is 0 Å². The second-order valence-corrected chi connectivity index (χ2v) is 6.68. The summed E-state index contributed by atoms with van der Waals surface area (Å²) < 4.78 is 9.62. The monoisotopic (exact) mass is 328 g/mol. The topological polar surface area (TPSA) is 86.7 Å². The van der Waals surface area contributed by atoms with Crippen molar-refractivity contribution in [3.05, 3.63) is 35.4 Å². The minimum atomic E-state index is -0.704. The predicted octanol–water partition coefficient (Wildman–Crippen LogP) is 1.61. The lowest BCUT2D eigenvalue weighted by Crippen LogP contribution is -2.45. The van der Waals surface area contributed by atoms with E-state index in [1.807, 2.05) is 19.1 Å². The number of esters is 4. The molecule has 6 nitrogen and oxygen atoms in total. The maximum absolute atomic E-state index is 12.3. The number of hydrogen-bond donors (Lipinski definition) is 0. The van der Waals surface area contributed by atoms with Crippen LogP contribution in [0.2, 0.25) is 0 Å². The summed E-state index contributed by atoms with van der Waals surface area (Å²) in [6.07, 6.45) is 0.867. The van der Waals surface area contributed by atoms with Gasteiger partial charge in [-0.05, 0) is 24.0 Å². The number of rotatable bonds is 2. The number of cyclic esters (lactones) is 4. The Hall–Kier alpha value is -2.50. The molecule has 24 heavy (non-hydrogen) atoms. The van der Waals surface area contributed by atoms with E-state index in [0.717, 1.165) is 11.1 Å². The molecule has 2 fully saturated rings. The van der Waals surface area contributed by atoms with Crippen molar-refractivity contribution in [1.82, 2.24) is 0 Å². The van der Waals surface area contributed by atoms with Gasteiger partial charge in [0.15, 0.2) is 0 Å². The molecule has 0 radical (unpaired) electrons. The Morgan fingerprint density at radius 1 is 1.04 bits per heavy atom. The van der Waals surface area contributed by atoms with Crippen LogP contribution in [0.3, 0.4) is 0 Å². The molecule has 1 aliphatic carbocycles. The van der Waals surface area contributed by atoms with Gasteiger partial charge in [-0.3, -0.25) is 19.2 Å². The molecule has 2 saturated heterocycles. The van der Waals surface area contributed by atoms with Crippen molar-refractivity contribution in [1.29, 1.82) is 0 Å². The second-order valence-electron chi connectivity index (χ2n) is 6.68. The number of carbonyl (C=O) groups excluding carboxylic acids is 4. The van der Waals surface area contributed by atoms with Gasteiger partial charge in [0.05, 0.1) is 24.2 Å². The Morgan fingerprint density at radius 2 is 1.79 bits per heavy atom.